The van der Waals surface area contributed by atoms with Gasteiger partial charge in [0, 0.05) is 12.2 Å². The van der Waals surface area contributed by atoms with Crippen molar-refractivity contribution >= 4 is 33.2 Å². The van der Waals surface area contributed by atoms with Crippen LogP contribution >= 0.6 is 11.6 Å². The molecule has 0 aliphatic heterocycles. The van der Waals surface area contributed by atoms with Crippen molar-refractivity contribution in [3.8, 4) is 5.75 Å². The Morgan fingerprint density at radius 2 is 1.88 bits per heavy atom. The van der Waals surface area contributed by atoms with E-state index < -0.39 is 21.7 Å². The third kappa shape index (κ3) is 5.69. The molecule has 2 N–H and O–H groups in total. The highest BCUT2D eigenvalue weighted by Gasteiger charge is 2.16. The first-order valence-corrected chi connectivity index (χ1v) is 9.65. The summed E-state index contributed by atoms with van der Waals surface area (Å²) in [4.78, 5) is 11.9. The number of nitrogens with one attached hydrogen (secondary N) is 2. The molecule has 2 aromatic carbocycles. The Bertz CT molecular complexity index is 873. The van der Waals surface area contributed by atoms with E-state index in [9.17, 15) is 17.6 Å². The summed E-state index contributed by atoms with van der Waals surface area (Å²) in [7, 11) is -3.64. The van der Waals surface area contributed by atoms with Crippen molar-refractivity contribution in [2.45, 2.75) is 18.2 Å². The highest BCUT2D eigenvalue weighted by molar-refractivity contribution is 7.89. The maximum atomic E-state index is 12.8. The van der Waals surface area contributed by atoms with E-state index in [1.165, 1.54) is 42.5 Å². The first-order valence-electron chi connectivity index (χ1n) is 7.79. The number of amides is 1. The monoisotopic (exact) mass is 400 g/mol. The number of carbonyl (C=O) groups excluding carboxylic acids is 1. The second-order valence-electron chi connectivity index (χ2n) is 5.33. The number of benzene rings is 2. The van der Waals surface area contributed by atoms with Crippen LogP contribution in [0.5, 0.6) is 5.75 Å². The molecule has 0 radical (unpaired) electrons. The van der Waals surface area contributed by atoms with Gasteiger partial charge in [0.25, 0.3) is 5.91 Å². The second-order valence-corrected chi connectivity index (χ2v) is 7.51. The van der Waals surface area contributed by atoms with Crippen molar-refractivity contribution in [2.24, 2.45) is 0 Å². The van der Waals surface area contributed by atoms with Gasteiger partial charge in [-0.25, -0.2) is 17.5 Å². The van der Waals surface area contributed by atoms with Gasteiger partial charge in [0.1, 0.15) is 11.6 Å². The van der Waals surface area contributed by atoms with Gasteiger partial charge < -0.3 is 10.1 Å². The second kappa shape index (κ2) is 8.98. The summed E-state index contributed by atoms with van der Waals surface area (Å²) in [5.41, 5.74) is 0.425. The molecule has 0 aromatic heterocycles. The molecule has 2 aromatic rings. The van der Waals surface area contributed by atoms with Gasteiger partial charge in [-0.3, -0.25) is 4.79 Å². The molecule has 6 nitrogen and oxygen atoms in total. The van der Waals surface area contributed by atoms with Crippen LogP contribution in [0.3, 0.4) is 0 Å². The van der Waals surface area contributed by atoms with E-state index in [1.807, 2.05) is 6.92 Å². The smallest absolute Gasteiger partial charge is 0.262 e. The molecule has 0 unspecified atom stereocenters. The maximum Gasteiger partial charge on any atom is 0.262 e. The van der Waals surface area contributed by atoms with Gasteiger partial charge in [-0.1, -0.05) is 18.5 Å². The molecule has 26 heavy (non-hydrogen) atoms. The maximum absolute atomic E-state index is 12.8. The molecule has 0 heterocycles. The van der Waals surface area contributed by atoms with Crippen LogP contribution in [0.4, 0.5) is 10.1 Å². The molecule has 9 heteroatoms. The highest BCUT2D eigenvalue weighted by Crippen LogP contribution is 2.27. The minimum atomic E-state index is -3.64. The third-order valence-electron chi connectivity index (χ3n) is 3.24. The van der Waals surface area contributed by atoms with Gasteiger partial charge in [-0.15, -0.1) is 0 Å². The predicted molar refractivity (Wildman–Crippen MR) is 97.5 cm³/mol. The Morgan fingerprint density at radius 3 is 2.50 bits per heavy atom. The summed E-state index contributed by atoms with van der Waals surface area (Å²) in [5.74, 6) is -0.696. The number of carbonyl (C=O) groups is 1. The average molecular weight is 401 g/mol. The molecule has 0 spiro atoms. The van der Waals surface area contributed by atoms with E-state index in [0.717, 1.165) is 0 Å². The minimum absolute atomic E-state index is 0.0130. The Hall–Kier alpha value is -2.16. The summed E-state index contributed by atoms with van der Waals surface area (Å²) < 4.78 is 44.7. The van der Waals surface area contributed by atoms with E-state index in [2.05, 4.69) is 10.0 Å². The average Bonchev–Trinajstić information content (AvgIpc) is 2.61. The molecule has 140 valence electrons. The Kier molecular flexibility index (Phi) is 6.96. The summed E-state index contributed by atoms with van der Waals surface area (Å²) >= 11 is 6.04. The van der Waals surface area contributed by atoms with Gasteiger partial charge in [-0.2, -0.15) is 0 Å². The van der Waals surface area contributed by atoms with E-state index >= 15 is 0 Å². The van der Waals surface area contributed by atoms with Crippen LogP contribution in [0.15, 0.2) is 47.4 Å². The van der Waals surface area contributed by atoms with Crippen LogP contribution in [-0.2, 0) is 14.8 Å². The summed E-state index contributed by atoms with van der Waals surface area (Å²) in [6.45, 7) is 1.84. The molecule has 0 saturated heterocycles. The molecule has 1 amide bonds. The quantitative estimate of drug-likeness (QED) is 0.712. The zero-order valence-corrected chi connectivity index (χ0v) is 15.5. The highest BCUT2D eigenvalue weighted by atomic mass is 35.5. The van der Waals surface area contributed by atoms with Crippen LogP contribution in [0.25, 0.3) is 0 Å². The topological polar surface area (TPSA) is 84.5 Å². The van der Waals surface area contributed by atoms with Crippen LogP contribution in [0, 0.1) is 5.82 Å². The summed E-state index contributed by atoms with van der Waals surface area (Å²) in [5, 5.41) is 2.61. The fourth-order valence-electron chi connectivity index (χ4n) is 1.96. The molecular weight excluding hydrogens is 383 g/mol. The number of hydrogen-bond acceptors (Lipinski definition) is 4. The molecule has 0 saturated carbocycles. The Labute approximate surface area is 156 Å². The van der Waals surface area contributed by atoms with Gasteiger partial charge in [0.05, 0.1) is 9.92 Å². The fraction of sp³-hybridized carbons (Fsp3) is 0.235. The number of ether oxygens (including phenoxy) is 1. The largest absolute Gasteiger partial charge is 0.482 e. The Balaban J connectivity index is 1.97. The molecule has 0 atom stereocenters. The number of hydrogen-bond donors (Lipinski definition) is 2. The summed E-state index contributed by atoms with van der Waals surface area (Å²) in [6.07, 6.45) is 0.664. The minimum Gasteiger partial charge on any atom is -0.482 e. The van der Waals surface area contributed by atoms with Crippen molar-refractivity contribution in [1.29, 1.82) is 0 Å². The lowest BCUT2D eigenvalue weighted by Crippen LogP contribution is -2.24. The number of anilines is 1. The van der Waals surface area contributed by atoms with Gasteiger partial charge in [0.2, 0.25) is 10.0 Å². The number of rotatable bonds is 8. The zero-order chi connectivity index (χ0) is 19.2. The van der Waals surface area contributed by atoms with Gasteiger partial charge >= 0.3 is 0 Å². The molecule has 2 rings (SSSR count). The first kappa shape index (κ1) is 20.2. The zero-order valence-electron chi connectivity index (χ0n) is 14.0. The van der Waals surface area contributed by atoms with Crippen molar-refractivity contribution in [3.05, 3.63) is 53.3 Å². The standard InChI is InChI=1S/C17H18ClFN2O4S/c1-2-9-20-26(23,24)14-7-8-16(15(18)10-14)25-11-17(22)21-13-5-3-12(19)4-6-13/h3-8,10,20H,2,9,11H2,1H3,(H,21,22). The molecule has 0 fully saturated rings. The third-order valence-corrected chi connectivity index (χ3v) is 5.00. The predicted octanol–water partition coefficient (Wildman–Crippen LogP) is 3.18. The summed E-state index contributed by atoms with van der Waals surface area (Å²) in [6, 6.07) is 9.27. The van der Waals surface area contributed by atoms with Crippen LogP contribution < -0.4 is 14.8 Å². The normalized spacial score (nSPS) is 11.2. The molecule has 0 bridgehead atoms. The molecular formula is C17H18ClFN2O4S. The lowest BCUT2D eigenvalue weighted by atomic mass is 10.3. The van der Waals surface area contributed by atoms with E-state index in [1.54, 1.807) is 0 Å². The van der Waals surface area contributed by atoms with E-state index in [-0.39, 0.29) is 22.3 Å². The van der Waals surface area contributed by atoms with Crippen LogP contribution in [0.2, 0.25) is 5.02 Å². The van der Waals surface area contributed by atoms with Crippen LogP contribution in [-0.4, -0.2) is 27.5 Å². The van der Waals surface area contributed by atoms with Crippen molar-refractivity contribution in [3.63, 3.8) is 0 Å². The molecule has 0 aliphatic rings. The van der Waals surface area contributed by atoms with Gasteiger partial charge in [-0.05, 0) is 48.9 Å². The van der Waals surface area contributed by atoms with Crippen molar-refractivity contribution in [2.75, 3.05) is 18.5 Å². The SMILES string of the molecule is CCCNS(=O)(=O)c1ccc(OCC(=O)Nc2ccc(F)cc2)c(Cl)c1. The fourth-order valence-corrected chi connectivity index (χ4v) is 3.42. The van der Waals surface area contributed by atoms with E-state index in [0.29, 0.717) is 18.7 Å². The van der Waals surface area contributed by atoms with Crippen LogP contribution in [0.1, 0.15) is 13.3 Å². The lowest BCUT2D eigenvalue weighted by molar-refractivity contribution is -0.118. The number of halogens is 2. The number of sulfonamides is 1. The van der Waals surface area contributed by atoms with Crippen molar-refractivity contribution < 1.29 is 22.3 Å². The first-order chi connectivity index (χ1) is 12.3. The lowest BCUT2D eigenvalue weighted by Gasteiger charge is -2.11. The van der Waals surface area contributed by atoms with Crippen molar-refractivity contribution in [1.82, 2.24) is 4.72 Å². The van der Waals surface area contributed by atoms with Gasteiger partial charge in [0.15, 0.2) is 6.61 Å². The Morgan fingerprint density at radius 1 is 1.19 bits per heavy atom. The van der Waals surface area contributed by atoms with E-state index in [4.69, 9.17) is 16.3 Å². The molecule has 0 aliphatic carbocycles.